The number of H-pyrrole nitrogens is 1. The zero-order valence-corrected chi connectivity index (χ0v) is 19.9. The van der Waals surface area contributed by atoms with Crippen molar-refractivity contribution >= 4 is 34.9 Å². The second kappa shape index (κ2) is 9.97. The van der Waals surface area contributed by atoms with E-state index < -0.39 is 0 Å². The molecule has 8 nitrogen and oxygen atoms in total. The highest BCUT2D eigenvalue weighted by Gasteiger charge is 2.19. The smallest absolute Gasteiger partial charge is 0.255 e. The summed E-state index contributed by atoms with van der Waals surface area (Å²) in [7, 11) is 0. The van der Waals surface area contributed by atoms with E-state index in [0.717, 1.165) is 28.5 Å². The van der Waals surface area contributed by atoms with Gasteiger partial charge in [-0.15, -0.1) is 0 Å². The van der Waals surface area contributed by atoms with Crippen molar-refractivity contribution in [2.75, 3.05) is 16.0 Å². The fourth-order valence-electron chi connectivity index (χ4n) is 4.43. The second-order valence-electron chi connectivity index (χ2n) is 9.06. The average Bonchev–Trinajstić information content (AvgIpc) is 3.51. The fourth-order valence-corrected chi connectivity index (χ4v) is 4.43. The molecular weight excluding hydrogens is 438 g/mol. The quantitative estimate of drug-likeness (QED) is 0.257. The molecule has 1 aliphatic rings. The Morgan fingerprint density at radius 1 is 0.886 bits per heavy atom. The summed E-state index contributed by atoms with van der Waals surface area (Å²) < 4.78 is 0. The lowest BCUT2D eigenvalue weighted by atomic mass is 10.0. The number of carbonyl (C=O) groups is 1. The third-order valence-electron chi connectivity index (χ3n) is 6.18. The number of amides is 1. The van der Waals surface area contributed by atoms with Gasteiger partial charge in [0.25, 0.3) is 5.91 Å². The summed E-state index contributed by atoms with van der Waals surface area (Å²) in [5.41, 5.74) is 5.23. The molecular formula is C27H29N7O. The predicted octanol–water partition coefficient (Wildman–Crippen LogP) is 6.21. The summed E-state index contributed by atoms with van der Waals surface area (Å²) in [6.45, 7) is 3.91. The van der Waals surface area contributed by atoms with Crippen molar-refractivity contribution in [3.05, 3.63) is 83.2 Å². The largest absolute Gasteiger partial charge is 0.324 e. The number of nitrogens with one attached hydrogen (secondary N) is 4. The van der Waals surface area contributed by atoms with Crippen molar-refractivity contribution in [1.82, 2.24) is 20.2 Å². The lowest BCUT2D eigenvalue weighted by Crippen LogP contribution is -2.11. The van der Waals surface area contributed by atoms with Crippen molar-refractivity contribution in [3.8, 4) is 0 Å². The van der Waals surface area contributed by atoms with E-state index in [0.29, 0.717) is 23.2 Å². The van der Waals surface area contributed by atoms with Crippen LogP contribution in [0.1, 0.15) is 58.9 Å². The minimum Gasteiger partial charge on any atom is -0.324 e. The average molecular weight is 468 g/mol. The lowest BCUT2D eigenvalue weighted by molar-refractivity contribution is 0.102. The first-order chi connectivity index (χ1) is 17.0. The Morgan fingerprint density at radius 3 is 2.46 bits per heavy atom. The van der Waals surface area contributed by atoms with Crippen LogP contribution >= 0.6 is 0 Å². The summed E-state index contributed by atoms with van der Waals surface area (Å²) in [6.07, 6.45) is 5.00. The van der Waals surface area contributed by atoms with Gasteiger partial charge in [0.15, 0.2) is 5.82 Å². The van der Waals surface area contributed by atoms with Crippen molar-refractivity contribution < 1.29 is 4.79 Å². The highest BCUT2D eigenvalue weighted by atomic mass is 16.1. The molecule has 0 atom stereocenters. The zero-order chi connectivity index (χ0) is 24.2. The molecule has 178 valence electrons. The number of rotatable bonds is 7. The summed E-state index contributed by atoms with van der Waals surface area (Å²) >= 11 is 0. The van der Waals surface area contributed by atoms with Crippen molar-refractivity contribution in [3.63, 3.8) is 0 Å². The third kappa shape index (κ3) is 5.66. The molecule has 4 N–H and O–H groups in total. The first kappa shape index (κ1) is 22.6. The van der Waals surface area contributed by atoms with Gasteiger partial charge in [-0.05, 0) is 68.7 Å². The van der Waals surface area contributed by atoms with Gasteiger partial charge in [-0.1, -0.05) is 25.0 Å². The minimum absolute atomic E-state index is 0.156. The normalized spacial score (nSPS) is 13.5. The van der Waals surface area contributed by atoms with E-state index in [2.05, 4.69) is 42.2 Å². The van der Waals surface area contributed by atoms with Gasteiger partial charge in [-0.2, -0.15) is 10.1 Å². The molecule has 1 aliphatic carbocycles. The van der Waals surface area contributed by atoms with Gasteiger partial charge in [0.05, 0.1) is 0 Å². The monoisotopic (exact) mass is 467 g/mol. The molecule has 35 heavy (non-hydrogen) atoms. The Balaban J connectivity index is 1.24. The third-order valence-corrected chi connectivity index (χ3v) is 6.18. The van der Waals surface area contributed by atoms with E-state index in [4.69, 9.17) is 0 Å². The van der Waals surface area contributed by atoms with Gasteiger partial charge in [0.1, 0.15) is 5.82 Å². The molecule has 1 amide bonds. The summed E-state index contributed by atoms with van der Waals surface area (Å²) in [4.78, 5) is 21.6. The number of carbonyl (C=O) groups excluding carboxylic acids is 1. The first-order valence-electron chi connectivity index (χ1n) is 11.9. The molecule has 1 saturated carbocycles. The van der Waals surface area contributed by atoms with Crippen LogP contribution in [0.3, 0.4) is 0 Å². The van der Waals surface area contributed by atoms with Gasteiger partial charge in [-0.25, -0.2) is 4.98 Å². The SMILES string of the molecule is Cc1cccc(NC(=O)c2ccc(Nc3nc(C)cc(Nc4cc(C5CCCC5)[nH]n4)n3)cc2)c1. The van der Waals surface area contributed by atoms with Crippen LogP contribution in [-0.4, -0.2) is 26.1 Å². The molecule has 0 radical (unpaired) electrons. The Morgan fingerprint density at radius 2 is 1.69 bits per heavy atom. The number of benzene rings is 2. The van der Waals surface area contributed by atoms with Crippen LogP contribution in [0.2, 0.25) is 0 Å². The molecule has 2 aromatic carbocycles. The van der Waals surface area contributed by atoms with Crippen molar-refractivity contribution in [2.24, 2.45) is 0 Å². The zero-order valence-electron chi connectivity index (χ0n) is 19.9. The molecule has 5 rings (SSSR count). The summed E-state index contributed by atoms with van der Waals surface area (Å²) in [5, 5.41) is 17.0. The number of anilines is 5. The first-order valence-corrected chi connectivity index (χ1v) is 11.9. The minimum atomic E-state index is -0.156. The molecule has 1 fully saturated rings. The molecule has 0 bridgehead atoms. The van der Waals surface area contributed by atoms with E-state index in [1.165, 1.54) is 31.4 Å². The number of aryl methyl sites for hydroxylation is 2. The molecule has 0 unspecified atom stereocenters. The molecule has 8 heteroatoms. The molecule has 0 spiro atoms. The highest BCUT2D eigenvalue weighted by molar-refractivity contribution is 6.04. The van der Waals surface area contributed by atoms with Crippen LogP contribution in [0.4, 0.5) is 29.0 Å². The van der Waals surface area contributed by atoms with Gasteiger partial charge in [0, 0.05) is 46.4 Å². The van der Waals surface area contributed by atoms with E-state index in [-0.39, 0.29) is 5.91 Å². The van der Waals surface area contributed by atoms with Gasteiger partial charge < -0.3 is 16.0 Å². The topological polar surface area (TPSA) is 108 Å². The maximum atomic E-state index is 12.6. The lowest BCUT2D eigenvalue weighted by Gasteiger charge is -2.10. The van der Waals surface area contributed by atoms with E-state index in [9.17, 15) is 4.79 Å². The highest BCUT2D eigenvalue weighted by Crippen LogP contribution is 2.34. The van der Waals surface area contributed by atoms with Crippen LogP contribution in [0.25, 0.3) is 0 Å². The molecule has 4 aromatic rings. The van der Waals surface area contributed by atoms with Crippen molar-refractivity contribution in [1.29, 1.82) is 0 Å². The second-order valence-corrected chi connectivity index (χ2v) is 9.06. The number of aromatic amines is 1. The van der Waals surface area contributed by atoms with Crippen LogP contribution in [0, 0.1) is 13.8 Å². The molecule has 0 aliphatic heterocycles. The Kier molecular flexibility index (Phi) is 6.43. The number of nitrogens with zero attached hydrogens (tertiary/aromatic N) is 3. The Labute approximate surface area is 204 Å². The number of hydrogen-bond acceptors (Lipinski definition) is 6. The van der Waals surface area contributed by atoms with Crippen LogP contribution < -0.4 is 16.0 Å². The summed E-state index contributed by atoms with van der Waals surface area (Å²) in [5.74, 6) is 2.30. The van der Waals surface area contributed by atoms with E-state index in [1.807, 2.05) is 56.3 Å². The maximum Gasteiger partial charge on any atom is 0.255 e. The molecule has 0 saturated heterocycles. The summed E-state index contributed by atoms with van der Waals surface area (Å²) in [6, 6.07) is 18.9. The Hall–Kier alpha value is -4.20. The maximum absolute atomic E-state index is 12.6. The predicted molar refractivity (Wildman–Crippen MR) is 139 cm³/mol. The Bertz CT molecular complexity index is 1320. The van der Waals surface area contributed by atoms with Crippen LogP contribution in [0.15, 0.2) is 60.7 Å². The van der Waals surface area contributed by atoms with Gasteiger partial charge in [-0.3, -0.25) is 9.89 Å². The van der Waals surface area contributed by atoms with E-state index >= 15 is 0 Å². The van der Waals surface area contributed by atoms with Gasteiger partial charge >= 0.3 is 0 Å². The number of hydrogen-bond donors (Lipinski definition) is 4. The van der Waals surface area contributed by atoms with Gasteiger partial charge in [0.2, 0.25) is 5.95 Å². The van der Waals surface area contributed by atoms with Crippen LogP contribution in [-0.2, 0) is 0 Å². The van der Waals surface area contributed by atoms with Crippen LogP contribution in [0.5, 0.6) is 0 Å². The fraction of sp³-hybridized carbons (Fsp3) is 0.259. The number of aromatic nitrogens is 4. The van der Waals surface area contributed by atoms with E-state index in [1.54, 1.807) is 12.1 Å². The molecule has 2 heterocycles. The van der Waals surface area contributed by atoms with Crippen molar-refractivity contribution in [2.45, 2.75) is 45.4 Å². The molecule has 2 aromatic heterocycles. The standard InChI is InChI=1S/C27H29N7O/c1-17-6-5-9-22(14-17)29-26(35)20-10-12-21(13-11-20)30-27-28-18(2)15-24(32-27)31-25-16-23(33-34-25)19-7-3-4-8-19/h5-6,9-16,19H,3-4,7-8H2,1-2H3,(H,29,35)(H3,28,30,31,32,33,34).